The van der Waals surface area contributed by atoms with Crippen LogP contribution < -0.4 is 10.1 Å². The molecule has 0 amide bonds. The highest BCUT2D eigenvalue weighted by atomic mass is 16.5. The molecule has 0 fully saturated rings. The summed E-state index contributed by atoms with van der Waals surface area (Å²) in [5.74, 6) is 0.667. The van der Waals surface area contributed by atoms with Gasteiger partial charge in [-0.25, -0.2) is 0 Å². The van der Waals surface area contributed by atoms with Gasteiger partial charge in [0.25, 0.3) is 0 Å². The normalized spacial score (nSPS) is 11.9. The average molecular weight is 265 g/mol. The molecule has 106 valence electrons. The fraction of sp³-hybridized carbons (Fsp3) is 0.533. The topological polar surface area (TPSA) is 47.6 Å². The SMILES string of the molecule is CCNC(CC(=O)OCC)c1ccc(OCC)cc1. The molecule has 0 heterocycles. The fourth-order valence-electron chi connectivity index (χ4n) is 1.90. The van der Waals surface area contributed by atoms with Gasteiger partial charge in [-0.2, -0.15) is 0 Å². The van der Waals surface area contributed by atoms with Crippen molar-refractivity contribution in [1.82, 2.24) is 5.32 Å². The maximum Gasteiger partial charge on any atom is 0.307 e. The Morgan fingerprint density at radius 1 is 1.16 bits per heavy atom. The Hall–Kier alpha value is -1.55. The van der Waals surface area contributed by atoms with Crippen molar-refractivity contribution in [2.45, 2.75) is 33.2 Å². The van der Waals surface area contributed by atoms with E-state index in [9.17, 15) is 4.79 Å². The molecule has 0 spiro atoms. The molecule has 0 saturated heterocycles. The predicted octanol–water partition coefficient (Wildman–Crippen LogP) is 2.69. The quantitative estimate of drug-likeness (QED) is 0.734. The molecule has 1 rings (SSSR count). The standard InChI is InChI=1S/C15H23NO3/c1-4-16-14(11-15(17)19-6-3)12-7-9-13(10-8-12)18-5-2/h7-10,14,16H,4-6,11H2,1-3H3. The van der Waals surface area contributed by atoms with Crippen molar-refractivity contribution in [1.29, 1.82) is 0 Å². The molecule has 0 aromatic heterocycles. The van der Waals surface area contributed by atoms with Crippen molar-refractivity contribution < 1.29 is 14.3 Å². The van der Waals surface area contributed by atoms with Gasteiger partial charge in [0.05, 0.1) is 19.6 Å². The second-order valence-electron chi connectivity index (χ2n) is 4.12. The third-order valence-corrected chi connectivity index (χ3v) is 2.72. The summed E-state index contributed by atoms with van der Waals surface area (Å²) in [7, 11) is 0. The molecular weight excluding hydrogens is 242 g/mol. The Morgan fingerprint density at radius 3 is 2.37 bits per heavy atom. The van der Waals surface area contributed by atoms with Crippen LogP contribution in [0, 0.1) is 0 Å². The zero-order chi connectivity index (χ0) is 14.1. The van der Waals surface area contributed by atoms with E-state index in [0.29, 0.717) is 19.6 Å². The molecule has 19 heavy (non-hydrogen) atoms. The molecule has 0 radical (unpaired) electrons. The van der Waals surface area contributed by atoms with E-state index in [0.717, 1.165) is 17.9 Å². The van der Waals surface area contributed by atoms with Crippen LogP contribution in [-0.4, -0.2) is 25.7 Å². The van der Waals surface area contributed by atoms with Gasteiger partial charge in [0.15, 0.2) is 0 Å². The first-order valence-electron chi connectivity index (χ1n) is 6.83. The van der Waals surface area contributed by atoms with Crippen LogP contribution in [0.5, 0.6) is 5.75 Å². The largest absolute Gasteiger partial charge is 0.494 e. The van der Waals surface area contributed by atoms with Crippen molar-refractivity contribution in [3.63, 3.8) is 0 Å². The lowest BCUT2D eigenvalue weighted by Gasteiger charge is -2.17. The lowest BCUT2D eigenvalue weighted by molar-refractivity contribution is -0.143. The molecule has 0 aliphatic rings. The third-order valence-electron chi connectivity index (χ3n) is 2.72. The average Bonchev–Trinajstić information content (AvgIpc) is 2.40. The molecule has 1 aromatic rings. The highest BCUT2D eigenvalue weighted by molar-refractivity contribution is 5.70. The summed E-state index contributed by atoms with van der Waals surface area (Å²) in [5, 5.41) is 3.30. The number of nitrogens with one attached hydrogen (secondary N) is 1. The van der Waals surface area contributed by atoms with Gasteiger partial charge in [-0.1, -0.05) is 19.1 Å². The third kappa shape index (κ3) is 5.30. The first kappa shape index (κ1) is 15.5. The Bertz CT molecular complexity index is 375. The molecule has 4 nitrogen and oxygen atoms in total. The monoisotopic (exact) mass is 265 g/mol. The van der Waals surface area contributed by atoms with Crippen molar-refractivity contribution >= 4 is 5.97 Å². The van der Waals surface area contributed by atoms with E-state index in [1.54, 1.807) is 0 Å². The van der Waals surface area contributed by atoms with E-state index in [1.807, 2.05) is 45.0 Å². The second-order valence-corrected chi connectivity index (χ2v) is 4.12. The van der Waals surface area contributed by atoms with Gasteiger partial charge in [-0.3, -0.25) is 4.79 Å². The Labute approximate surface area is 115 Å². The molecule has 1 unspecified atom stereocenters. The van der Waals surface area contributed by atoms with Gasteiger partial charge in [0, 0.05) is 6.04 Å². The van der Waals surface area contributed by atoms with Crippen LogP contribution >= 0.6 is 0 Å². The fourth-order valence-corrected chi connectivity index (χ4v) is 1.90. The first-order valence-corrected chi connectivity index (χ1v) is 6.83. The van der Waals surface area contributed by atoms with Gasteiger partial charge in [0.2, 0.25) is 0 Å². The van der Waals surface area contributed by atoms with Crippen molar-refractivity contribution in [3.05, 3.63) is 29.8 Å². The summed E-state index contributed by atoms with van der Waals surface area (Å²) in [6.07, 6.45) is 0.343. The summed E-state index contributed by atoms with van der Waals surface area (Å²) in [6.45, 7) is 7.66. The van der Waals surface area contributed by atoms with Gasteiger partial charge in [-0.15, -0.1) is 0 Å². The van der Waals surface area contributed by atoms with Gasteiger partial charge >= 0.3 is 5.97 Å². The highest BCUT2D eigenvalue weighted by Crippen LogP contribution is 2.20. The smallest absolute Gasteiger partial charge is 0.307 e. The number of ether oxygens (including phenoxy) is 2. The molecule has 0 aliphatic heterocycles. The predicted molar refractivity (Wildman–Crippen MR) is 75.3 cm³/mol. The minimum atomic E-state index is -0.178. The summed E-state index contributed by atoms with van der Waals surface area (Å²) in [6, 6.07) is 7.80. The molecule has 0 aliphatic carbocycles. The van der Waals surface area contributed by atoms with E-state index >= 15 is 0 Å². The summed E-state index contributed by atoms with van der Waals surface area (Å²) in [5.41, 5.74) is 1.07. The van der Waals surface area contributed by atoms with Crippen molar-refractivity contribution in [2.75, 3.05) is 19.8 Å². The van der Waals surface area contributed by atoms with E-state index in [-0.39, 0.29) is 12.0 Å². The Balaban J connectivity index is 2.71. The molecule has 1 N–H and O–H groups in total. The number of hydrogen-bond donors (Lipinski definition) is 1. The van der Waals surface area contributed by atoms with Crippen LogP contribution in [0.3, 0.4) is 0 Å². The number of esters is 1. The maximum absolute atomic E-state index is 11.6. The summed E-state index contributed by atoms with van der Waals surface area (Å²) >= 11 is 0. The molecular formula is C15H23NO3. The lowest BCUT2D eigenvalue weighted by atomic mass is 10.0. The minimum absolute atomic E-state index is 0.0141. The molecule has 4 heteroatoms. The van der Waals surface area contributed by atoms with Crippen LogP contribution in [-0.2, 0) is 9.53 Å². The van der Waals surface area contributed by atoms with Gasteiger partial charge in [-0.05, 0) is 38.1 Å². The van der Waals surface area contributed by atoms with Crippen LogP contribution in [0.4, 0.5) is 0 Å². The van der Waals surface area contributed by atoms with Gasteiger partial charge in [0.1, 0.15) is 5.75 Å². The van der Waals surface area contributed by atoms with Crippen LogP contribution in [0.1, 0.15) is 38.8 Å². The van der Waals surface area contributed by atoms with Gasteiger partial charge < -0.3 is 14.8 Å². The van der Waals surface area contributed by atoms with E-state index in [1.165, 1.54) is 0 Å². The van der Waals surface area contributed by atoms with E-state index in [4.69, 9.17) is 9.47 Å². The molecule has 0 saturated carbocycles. The van der Waals surface area contributed by atoms with Crippen LogP contribution in [0.2, 0.25) is 0 Å². The Morgan fingerprint density at radius 2 is 1.84 bits per heavy atom. The molecule has 0 bridgehead atoms. The minimum Gasteiger partial charge on any atom is -0.494 e. The molecule has 1 aromatic carbocycles. The Kier molecular flexibility index (Phi) is 6.97. The number of carbonyl (C=O) groups is 1. The number of benzene rings is 1. The maximum atomic E-state index is 11.6. The summed E-state index contributed by atoms with van der Waals surface area (Å²) < 4.78 is 10.4. The zero-order valence-corrected chi connectivity index (χ0v) is 11.9. The van der Waals surface area contributed by atoms with E-state index in [2.05, 4.69) is 5.32 Å². The van der Waals surface area contributed by atoms with Crippen LogP contribution in [0.15, 0.2) is 24.3 Å². The van der Waals surface area contributed by atoms with E-state index < -0.39 is 0 Å². The number of rotatable bonds is 8. The highest BCUT2D eigenvalue weighted by Gasteiger charge is 2.15. The number of carbonyl (C=O) groups excluding carboxylic acids is 1. The first-order chi connectivity index (χ1) is 9.21. The molecule has 1 atom stereocenters. The van der Waals surface area contributed by atoms with Crippen molar-refractivity contribution in [2.24, 2.45) is 0 Å². The lowest BCUT2D eigenvalue weighted by Crippen LogP contribution is -2.24. The second kappa shape index (κ2) is 8.53. The summed E-state index contributed by atoms with van der Waals surface area (Å²) in [4.78, 5) is 11.6. The zero-order valence-electron chi connectivity index (χ0n) is 11.9. The van der Waals surface area contributed by atoms with Crippen molar-refractivity contribution in [3.8, 4) is 5.75 Å². The van der Waals surface area contributed by atoms with Crippen LogP contribution in [0.25, 0.3) is 0 Å². The number of hydrogen-bond acceptors (Lipinski definition) is 4.